The van der Waals surface area contributed by atoms with E-state index in [1.54, 1.807) is 0 Å². The van der Waals surface area contributed by atoms with Crippen molar-refractivity contribution in [2.75, 3.05) is 0 Å². The summed E-state index contributed by atoms with van der Waals surface area (Å²) in [5, 5.41) is 6.14. The molecule has 48 heavy (non-hydrogen) atoms. The van der Waals surface area contributed by atoms with E-state index in [1.165, 1.54) is 0 Å². The summed E-state index contributed by atoms with van der Waals surface area (Å²) in [6, 6.07) is 48.8. The number of nitrogens with zero attached hydrogens (tertiary/aromatic N) is 4. The monoisotopic (exact) mass is 616 g/mol. The second-order valence-corrected chi connectivity index (χ2v) is 11.8. The van der Waals surface area contributed by atoms with Gasteiger partial charge in [-0.05, 0) is 51.9 Å². The van der Waals surface area contributed by atoms with Gasteiger partial charge in [0.15, 0.2) is 23.1 Å². The molecule has 0 N–H and O–H groups in total. The van der Waals surface area contributed by atoms with E-state index in [9.17, 15) is 0 Å². The Balaban J connectivity index is 1.25. The maximum Gasteiger partial charge on any atom is 0.227 e. The number of aromatic nitrogens is 4. The molecule has 3 aromatic heterocycles. The van der Waals surface area contributed by atoms with Crippen molar-refractivity contribution in [1.29, 1.82) is 0 Å². The number of hydrogen-bond acceptors (Lipinski definition) is 6. The van der Waals surface area contributed by atoms with Crippen LogP contribution in [-0.2, 0) is 0 Å². The fraction of sp³-hybridized carbons (Fsp3) is 0. The Kier molecular flexibility index (Phi) is 5.77. The molecule has 0 unspecified atom stereocenters. The van der Waals surface area contributed by atoms with Crippen LogP contribution in [0.3, 0.4) is 0 Å². The number of oxazole rings is 1. The van der Waals surface area contributed by atoms with Gasteiger partial charge < -0.3 is 8.83 Å². The van der Waals surface area contributed by atoms with Crippen LogP contribution in [0, 0.1) is 0 Å². The van der Waals surface area contributed by atoms with Crippen molar-refractivity contribution in [3.8, 4) is 45.6 Å². The zero-order chi connectivity index (χ0) is 31.6. The molecule has 6 nitrogen and oxygen atoms in total. The number of furan rings is 1. The maximum absolute atomic E-state index is 6.58. The fourth-order valence-corrected chi connectivity index (χ4v) is 6.75. The van der Waals surface area contributed by atoms with Gasteiger partial charge >= 0.3 is 0 Å². The highest BCUT2D eigenvalue weighted by atomic mass is 16.4. The van der Waals surface area contributed by atoms with E-state index < -0.39 is 0 Å². The van der Waals surface area contributed by atoms with Gasteiger partial charge in [-0.25, -0.2) is 19.9 Å². The zero-order valence-corrected chi connectivity index (χ0v) is 25.5. The third-order valence-corrected chi connectivity index (χ3v) is 8.96. The van der Waals surface area contributed by atoms with E-state index in [0.717, 1.165) is 71.3 Å². The largest absolute Gasteiger partial charge is 0.456 e. The van der Waals surface area contributed by atoms with Crippen LogP contribution < -0.4 is 0 Å². The highest BCUT2D eigenvalue weighted by Gasteiger charge is 2.22. The van der Waals surface area contributed by atoms with E-state index in [2.05, 4.69) is 42.5 Å². The van der Waals surface area contributed by atoms with Gasteiger partial charge in [-0.1, -0.05) is 115 Å². The lowest BCUT2D eigenvalue weighted by molar-refractivity contribution is 0.619. The first kappa shape index (κ1) is 26.5. The van der Waals surface area contributed by atoms with Crippen molar-refractivity contribution >= 4 is 54.6 Å². The minimum absolute atomic E-state index is 0.572. The average molecular weight is 617 g/mol. The van der Waals surface area contributed by atoms with Gasteiger partial charge in [-0.3, -0.25) is 0 Å². The Bertz CT molecular complexity index is 2830. The van der Waals surface area contributed by atoms with Crippen molar-refractivity contribution in [3.63, 3.8) is 0 Å². The molecule has 0 radical (unpaired) electrons. The highest BCUT2D eigenvalue weighted by molar-refractivity contribution is 6.27. The van der Waals surface area contributed by atoms with Gasteiger partial charge in [0.2, 0.25) is 5.89 Å². The van der Waals surface area contributed by atoms with Crippen LogP contribution in [0.5, 0.6) is 0 Å². The number of hydrogen-bond donors (Lipinski definition) is 0. The smallest absolute Gasteiger partial charge is 0.227 e. The summed E-state index contributed by atoms with van der Waals surface area (Å²) in [5.41, 5.74) is 6.60. The lowest BCUT2D eigenvalue weighted by atomic mass is 9.98. The minimum atomic E-state index is 0.572. The highest BCUT2D eigenvalue weighted by Crippen LogP contribution is 2.43. The Hall–Kier alpha value is -6.66. The molecule has 0 saturated carbocycles. The lowest BCUT2D eigenvalue weighted by Crippen LogP contribution is -2.01. The Morgan fingerprint density at radius 3 is 1.81 bits per heavy atom. The fourth-order valence-electron chi connectivity index (χ4n) is 6.75. The Morgan fingerprint density at radius 1 is 0.375 bits per heavy atom. The van der Waals surface area contributed by atoms with Crippen LogP contribution >= 0.6 is 0 Å². The van der Waals surface area contributed by atoms with Gasteiger partial charge in [-0.2, -0.15) is 0 Å². The molecule has 0 aliphatic heterocycles. The topological polar surface area (TPSA) is 77.8 Å². The maximum atomic E-state index is 6.58. The van der Waals surface area contributed by atoms with Crippen molar-refractivity contribution < 1.29 is 8.83 Å². The first-order valence-corrected chi connectivity index (χ1v) is 15.8. The molecule has 0 aliphatic rings. The van der Waals surface area contributed by atoms with Gasteiger partial charge in [0, 0.05) is 27.6 Å². The summed E-state index contributed by atoms with van der Waals surface area (Å²) in [5.74, 6) is 2.37. The molecule has 0 fully saturated rings. The van der Waals surface area contributed by atoms with Gasteiger partial charge in [-0.15, -0.1) is 0 Å². The van der Waals surface area contributed by atoms with E-state index in [1.807, 2.05) is 103 Å². The van der Waals surface area contributed by atoms with Gasteiger partial charge in [0.25, 0.3) is 0 Å². The molecule has 10 rings (SSSR count). The molecule has 0 spiro atoms. The SMILES string of the molecule is c1ccc(-c2nc(-c3cccc4ccccc34)nc(-c3cc4oc5ccc6oc(-c7ccccc7)nc6c5c4c4ccccc34)n2)cc1. The third-order valence-electron chi connectivity index (χ3n) is 8.96. The first-order valence-electron chi connectivity index (χ1n) is 15.8. The molecule has 0 aliphatic carbocycles. The van der Waals surface area contributed by atoms with Gasteiger partial charge in [0.1, 0.15) is 16.7 Å². The number of rotatable bonds is 4. The quantitative estimate of drug-likeness (QED) is 0.196. The van der Waals surface area contributed by atoms with Gasteiger partial charge in [0.05, 0.1) is 5.39 Å². The second kappa shape index (κ2) is 10.4. The zero-order valence-electron chi connectivity index (χ0n) is 25.5. The van der Waals surface area contributed by atoms with E-state index in [4.69, 9.17) is 28.8 Å². The number of fused-ring (bicyclic) bond motifs is 8. The molecule has 6 heteroatoms. The van der Waals surface area contributed by atoms with Crippen LogP contribution in [0.15, 0.2) is 154 Å². The van der Waals surface area contributed by atoms with Crippen LogP contribution in [0.4, 0.5) is 0 Å². The summed E-state index contributed by atoms with van der Waals surface area (Å²) >= 11 is 0. The van der Waals surface area contributed by atoms with Crippen molar-refractivity contribution in [2.24, 2.45) is 0 Å². The minimum Gasteiger partial charge on any atom is -0.456 e. The van der Waals surface area contributed by atoms with Crippen molar-refractivity contribution in [1.82, 2.24) is 19.9 Å². The van der Waals surface area contributed by atoms with Crippen LogP contribution in [0.25, 0.3) is 100 Å². The Labute approximate surface area is 274 Å². The third kappa shape index (κ3) is 4.13. The summed E-state index contributed by atoms with van der Waals surface area (Å²) in [7, 11) is 0. The molecular weight excluding hydrogens is 592 g/mol. The summed E-state index contributed by atoms with van der Waals surface area (Å²) in [6.45, 7) is 0. The van der Waals surface area contributed by atoms with E-state index in [0.29, 0.717) is 28.9 Å². The first-order chi connectivity index (χ1) is 23.8. The normalized spacial score (nSPS) is 11.8. The average Bonchev–Trinajstić information content (AvgIpc) is 3.77. The Morgan fingerprint density at radius 2 is 1.00 bits per heavy atom. The van der Waals surface area contributed by atoms with E-state index >= 15 is 0 Å². The summed E-state index contributed by atoms with van der Waals surface area (Å²) in [4.78, 5) is 20.2. The molecule has 224 valence electrons. The van der Waals surface area contributed by atoms with Crippen LogP contribution in [-0.4, -0.2) is 19.9 Å². The molecule has 0 atom stereocenters. The predicted molar refractivity (Wildman–Crippen MR) is 191 cm³/mol. The lowest BCUT2D eigenvalue weighted by Gasteiger charge is -2.12. The molecule has 0 bridgehead atoms. The van der Waals surface area contributed by atoms with Crippen molar-refractivity contribution in [3.05, 3.63) is 146 Å². The summed E-state index contributed by atoms with van der Waals surface area (Å²) < 4.78 is 12.8. The summed E-state index contributed by atoms with van der Waals surface area (Å²) in [6.07, 6.45) is 0. The van der Waals surface area contributed by atoms with Crippen LogP contribution in [0.1, 0.15) is 0 Å². The molecular formula is C42H24N4O2. The molecule has 3 heterocycles. The van der Waals surface area contributed by atoms with Crippen molar-refractivity contribution in [2.45, 2.75) is 0 Å². The molecule has 0 saturated heterocycles. The van der Waals surface area contributed by atoms with E-state index in [-0.39, 0.29) is 0 Å². The predicted octanol–water partition coefficient (Wildman–Crippen LogP) is 10.9. The molecule has 0 amide bonds. The van der Waals surface area contributed by atoms with Crippen LogP contribution in [0.2, 0.25) is 0 Å². The standard InChI is InChI=1S/C42H24N4O2/c1-3-13-26(14-4-1)39-44-40(31-21-11-17-25-12-7-8-18-28(25)31)46-41(45-39)32-24-35-36(30-20-10-9-19-29(30)32)37-33(47-35)22-23-34-38(37)43-42(48-34)27-15-5-2-6-16-27/h1-24H. The molecule has 7 aromatic carbocycles. The number of benzene rings is 7. The molecule has 10 aromatic rings. The second-order valence-electron chi connectivity index (χ2n) is 11.8.